The third-order valence-electron chi connectivity index (χ3n) is 3.03. The highest BCUT2D eigenvalue weighted by Gasteiger charge is 2.19. The van der Waals surface area contributed by atoms with Gasteiger partial charge in [0.15, 0.2) is 0 Å². The predicted molar refractivity (Wildman–Crippen MR) is 66.5 cm³/mol. The molecule has 0 radical (unpaired) electrons. The Morgan fingerprint density at radius 1 is 1.47 bits per heavy atom. The summed E-state index contributed by atoms with van der Waals surface area (Å²) in [5, 5.41) is 14.4. The van der Waals surface area contributed by atoms with Crippen LogP contribution in [0.3, 0.4) is 0 Å². The molecule has 1 rings (SSSR count). The summed E-state index contributed by atoms with van der Waals surface area (Å²) in [6, 6.07) is 2.35. The van der Waals surface area contributed by atoms with Crippen LogP contribution in [0.25, 0.3) is 0 Å². The van der Waals surface area contributed by atoms with E-state index in [4.69, 9.17) is 5.26 Å². The van der Waals surface area contributed by atoms with E-state index >= 15 is 0 Å². The average molecular weight is 238 g/mol. The maximum Gasteiger partial charge on any atom is 0.315 e. The van der Waals surface area contributed by atoms with Crippen molar-refractivity contribution in [2.75, 3.05) is 26.2 Å². The van der Waals surface area contributed by atoms with Gasteiger partial charge in [-0.05, 0) is 19.3 Å². The smallest absolute Gasteiger partial charge is 0.315 e. The van der Waals surface area contributed by atoms with E-state index in [1.807, 2.05) is 0 Å². The molecule has 0 saturated carbocycles. The monoisotopic (exact) mass is 238 g/mol. The number of hydrogen-bond acceptors (Lipinski definition) is 3. The second-order valence-corrected chi connectivity index (χ2v) is 4.46. The molecule has 0 aromatic carbocycles. The van der Waals surface area contributed by atoms with Crippen LogP contribution in [0, 0.1) is 11.3 Å². The summed E-state index contributed by atoms with van der Waals surface area (Å²) in [5.41, 5.74) is 0. The van der Waals surface area contributed by atoms with Gasteiger partial charge in [0, 0.05) is 25.7 Å². The van der Waals surface area contributed by atoms with Gasteiger partial charge in [-0.2, -0.15) is 5.26 Å². The lowest BCUT2D eigenvalue weighted by Gasteiger charge is -2.30. The lowest BCUT2D eigenvalue weighted by atomic mass is 10.1. The summed E-state index contributed by atoms with van der Waals surface area (Å²) in [7, 11) is 0. The Balaban J connectivity index is 2.13. The van der Waals surface area contributed by atoms with E-state index in [0.29, 0.717) is 6.54 Å². The van der Waals surface area contributed by atoms with Crippen molar-refractivity contribution in [2.24, 2.45) is 0 Å². The van der Waals surface area contributed by atoms with Crippen molar-refractivity contribution in [3.8, 4) is 6.07 Å². The average Bonchev–Trinajstić information content (AvgIpc) is 2.32. The minimum Gasteiger partial charge on any atom is -0.338 e. The van der Waals surface area contributed by atoms with Gasteiger partial charge in [0.05, 0.1) is 12.6 Å². The number of rotatable bonds is 5. The molecule has 1 heterocycles. The zero-order chi connectivity index (χ0) is 12.5. The van der Waals surface area contributed by atoms with Crippen LogP contribution in [0.4, 0.5) is 4.79 Å². The largest absolute Gasteiger partial charge is 0.338 e. The first-order valence-corrected chi connectivity index (χ1v) is 6.40. The second kappa shape index (κ2) is 7.91. The van der Waals surface area contributed by atoms with E-state index < -0.39 is 0 Å². The molecule has 5 heteroatoms. The minimum atomic E-state index is -0.0582. The molecular formula is C12H22N4O. The number of urea groups is 1. The number of carbonyl (C=O) groups is 1. The number of unbranched alkanes of at least 4 members (excludes halogenated alkanes) is 1. The Morgan fingerprint density at radius 2 is 2.18 bits per heavy atom. The fraction of sp³-hybridized carbons (Fsp3) is 0.833. The second-order valence-electron chi connectivity index (χ2n) is 4.46. The maximum atomic E-state index is 11.5. The van der Waals surface area contributed by atoms with Crippen LogP contribution in [0.5, 0.6) is 0 Å². The van der Waals surface area contributed by atoms with Crippen molar-refractivity contribution < 1.29 is 4.79 Å². The standard InChI is InChI=1S/C12H22N4O/c1-2-3-7-14-12(17)15-11-4-8-16(9-5-11)10-6-13/h11H,2-5,7-10H2,1H3,(H2,14,15,17). The van der Waals surface area contributed by atoms with Gasteiger partial charge < -0.3 is 10.6 Å². The number of piperidine rings is 1. The zero-order valence-corrected chi connectivity index (χ0v) is 10.5. The van der Waals surface area contributed by atoms with Gasteiger partial charge in [0.2, 0.25) is 0 Å². The molecule has 2 amide bonds. The summed E-state index contributed by atoms with van der Waals surface area (Å²) in [6.07, 6.45) is 3.98. The zero-order valence-electron chi connectivity index (χ0n) is 10.5. The van der Waals surface area contributed by atoms with Crippen LogP contribution in [0.1, 0.15) is 32.6 Å². The molecular weight excluding hydrogens is 216 g/mol. The van der Waals surface area contributed by atoms with Gasteiger partial charge in [0.1, 0.15) is 0 Å². The Labute approximate surface area is 103 Å². The van der Waals surface area contributed by atoms with Crippen molar-refractivity contribution in [3.63, 3.8) is 0 Å². The summed E-state index contributed by atoms with van der Waals surface area (Å²) in [6.45, 7) is 5.14. The summed E-state index contributed by atoms with van der Waals surface area (Å²) in [5.74, 6) is 0. The van der Waals surface area contributed by atoms with Crippen molar-refractivity contribution in [3.05, 3.63) is 0 Å². The molecule has 17 heavy (non-hydrogen) atoms. The highest BCUT2D eigenvalue weighted by atomic mass is 16.2. The topological polar surface area (TPSA) is 68.2 Å². The summed E-state index contributed by atoms with van der Waals surface area (Å²) in [4.78, 5) is 13.6. The Kier molecular flexibility index (Phi) is 6.41. The van der Waals surface area contributed by atoms with E-state index in [0.717, 1.165) is 45.3 Å². The van der Waals surface area contributed by atoms with Gasteiger partial charge in [-0.15, -0.1) is 0 Å². The fourth-order valence-electron chi connectivity index (χ4n) is 1.95. The number of amides is 2. The van der Waals surface area contributed by atoms with Crippen LogP contribution in [0.2, 0.25) is 0 Å². The van der Waals surface area contributed by atoms with Crippen molar-refractivity contribution >= 4 is 6.03 Å². The Hall–Kier alpha value is -1.28. The molecule has 0 aliphatic carbocycles. The molecule has 1 aliphatic heterocycles. The molecule has 0 bridgehead atoms. The van der Waals surface area contributed by atoms with Crippen LogP contribution in [0.15, 0.2) is 0 Å². The van der Waals surface area contributed by atoms with Crippen LogP contribution in [-0.2, 0) is 0 Å². The van der Waals surface area contributed by atoms with Gasteiger partial charge in [-0.3, -0.25) is 4.90 Å². The molecule has 0 unspecified atom stereocenters. The summed E-state index contributed by atoms with van der Waals surface area (Å²) < 4.78 is 0. The fourth-order valence-corrected chi connectivity index (χ4v) is 1.95. The molecule has 2 N–H and O–H groups in total. The number of nitrogens with one attached hydrogen (secondary N) is 2. The van der Waals surface area contributed by atoms with E-state index in [1.54, 1.807) is 0 Å². The summed E-state index contributed by atoms with van der Waals surface area (Å²) >= 11 is 0. The lowest BCUT2D eigenvalue weighted by molar-refractivity contribution is 0.205. The number of likely N-dealkylation sites (tertiary alicyclic amines) is 1. The number of carbonyl (C=O) groups excluding carboxylic acids is 1. The van der Waals surface area contributed by atoms with Crippen molar-refractivity contribution in [1.82, 2.24) is 15.5 Å². The van der Waals surface area contributed by atoms with Gasteiger partial charge in [-0.25, -0.2) is 4.79 Å². The van der Waals surface area contributed by atoms with Gasteiger partial charge in [0.25, 0.3) is 0 Å². The molecule has 1 aliphatic rings. The first-order valence-electron chi connectivity index (χ1n) is 6.40. The third kappa shape index (κ3) is 5.55. The van der Waals surface area contributed by atoms with Crippen LogP contribution in [-0.4, -0.2) is 43.2 Å². The maximum absolute atomic E-state index is 11.5. The van der Waals surface area contributed by atoms with Crippen molar-refractivity contribution in [1.29, 1.82) is 5.26 Å². The Morgan fingerprint density at radius 3 is 2.76 bits per heavy atom. The molecule has 0 aromatic rings. The first-order chi connectivity index (χ1) is 8.26. The molecule has 0 aromatic heterocycles. The number of nitriles is 1. The van der Waals surface area contributed by atoms with Crippen molar-refractivity contribution in [2.45, 2.75) is 38.6 Å². The highest BCUT2D eigenvalue weighted by Crippen LogP contribution is 2.09. The minimum absolute atomic E-state index is 0.0582. The van der Waals surface area contributed by atoms with E-state index in [-0.39, 0.29) is 12.1 Å². The van der Waals surface area contributed by atoms with E-state index in [2.05, 4.69) is 28.5 Å². The molecule has 0 spiro atoms. The number of hydrogen-bond donors (Lipinski definition) is 2. The molecule has 1 saturated heterocycles. The molecule has 5 nitrogen and oxygen atoms in total. The molecule has 1 fully saturated rings. The lowest BCUT2D eigenvalue weighted by Crippen LogP contribution is -2.48. The molecule has 96 valence electrons. The molecule has 0 atom stereocenters. The predicted octanol–water partition coefficient (Wildman–Crippen LogP) is 1.07. The number of nitrogens with zero attached hydrogens (tertiary/aromatic N) is 2. The quantitative estimate of drug-likeness (QED) is 0.556. The third-order valence-corrected chi connectivity index (χ3v) is 3.03. The highest BCUT2D eigenvalue weighted by molar-refractivity contribution is 5.74. The normalized spacial score (nSPS) is 17.4. The van der Waals surface area contributed by atoms with E-state index in [1.165, 1.54) is 0 Å². The van der Waals surface area contributed by atoms with Crippen LogP contribution >= 0.6 is 0 Å². The SMILES string of the molecule is CCCCNC(=O)NC1CCN(CC#N)CC1. The van der Waals surface area contributed by atoms with Gasteiger partial charge >= 0.3 is 6.03 Å². The van der Waals surface area contributed by atoms with E-state index in [9.17, 15) is 4.79 Å². The van der Waals surface area contributed by atoms with Crippen LogP contribution < -0.4 is 10.6 Å². The first kappa shape index (κ1) is 13.8. The Bertz CT molecular complexity index is 266. The van der Waals surface area contributed by atoms with Gasteiger partial charge in [-0.1, -0.05) is 13.3 Å².